The van der Waals surface area contributed by atoms with Crippen molar-refractivity contribution in [2.45, 2.75) is 45.1 Å². The van der Waals surface area contributed by atoms with Crippen LogP contribution in [0, 0.1) is 24.5 Å². The van der Waals surface area contributed by atoms with Gasteiger partial charge >= 0.3 is 6.03 Å². The number of amides is 2. The van der Waals surface area contributed by atoms with Gasteiger partial charge < -0.3 is 20.8 Å². The number of aromatic nitrogens is 2. The summed E-state index contributed by atoms with van der Waals surface area (Å²) in [7, 11) is 0. The van der Waals surface area contributed by atoms with Gasteiger partial charge in [-0.2, -0.15) is 0 Å². The second-order valence-electron chi connectivity index (χ2n) is 8.46. The van der Waals surface area contributed by atoms with Crippen molar-refractivity contribution in [3.63, 3.8) is 0 Å². The number of fused-ring (bicyclic) bond motifs is 1. The molecule has 0 radical (unpaired) electrons. The summed E-state index contributed by atoms with van der Waals surface area (Å²) in [5.41, 5.74) is 6.66. The molecule has 0 unspecified atom stereocenters. The molecule has 1 aromatic carbocycles. The third kappa shape index (κ3) is 3.97. The summed E-state index contributed by atoms with van der Waals surface area (Å²) in [6, 6.07) is 0.966. The van der Waals surface area contributed by atoms with Crippen molar-refractivity contribution in [3.05, 3.63) is 53.3 Å². The molecule has 0 saturated heterocycles. The van der Waals surface area contributed by atoms with Gasteiger partial charge in [-0.25, -0.2) is 23.5 Å². The summed E-state index contributed by atoms with van der Waals surface area (Å²) >= 11 is 0. The quantitative estimate of drug-likeness (QED) is 0.541. The lowest BCUT2D eigenvalue weighted by atomic mass is 9.98. The third-order valence-electron chi connectivity index (χ3n) is 5.86. The van der Waals surface area contributed by atoms with Gasteiger partial charge in [0.1, 0.15) is 17.4 Å². The molecule has 164 valence electrons. The molecule has 1 aliphatic carbocycles. The maximum Gasteiger partial charge on any atom is 0.319 e. The van der Waals surface area contributed by atoms with Gasteiger partial charge in [-0.15, -0.1) is 0 Å². The van der Waals surface area contributed by atoms with Crippen molar-refractivity contribution in [2.24, 2.45) is 11.7 Å². The molecule has 1 aliphatic rings. The van der Waals surface area contributed by atoms with Gasteiger partial charge in [0.2, 0.25) is 0 Å². The van der Waals surface area contributed by atoms with Crippen molar-refractivity contribution < 1.29 is 18.0 Å². The Labute approximate surface area is 178 Å². The molecule has 7 nitrogen and oxygen atoms in total. The first-order valence-electron chi connectivity index (χ1n) is 10.2. The Bertz CT molecular complexity index is 1120. The first-order chi connectivity index (χ1) is 14.7. The van der Waals surface area contributed by atoms with Crippen LogP contribution in [0.25, 0.3) is 11.0 Å². The molecule has 9 heteroatoms. The van der Waals surface area contributed by atoms with Crippen molar-refractivity contribution in [3.8, 4) is 0 Å². The highest BCUT2D eigenvalue weighted by atomic mass is 19.1. The Hall–Kier alpha value is -3.07. The molecule has 31 heavy (non-hydrogen) atoms. The van der Waals surface area contributed by atoms with Gasteiger partial charge in [-0.1, -0.05) is 13.8 Å². The molecule has 0 aliphatic heterocycles. The first kappa shape index (κ1) is 21.2. The van der Waals surface area contributed by atoms with Crippen LogP contribution in [0.5, 0.6) is 0 Å². The zero-order valence-corrected chi connectivity index (χ0v) is 17.6. The Morgan fingerprint density at radius 1 is 1.26 bits per heavy atom. The van der Waals surface area contributed by atoms with E-state index in [1.807, 2.05) is 13.8 Å². The number of urea groups is 1. The summed E-state index contributed by atoms with van der Waals surface area (Å²) in [6.45, 7) is 6.01. The highest BCUT2D eigenvalue weighted by Gasteiger charge is 2.45. The van der Waals surface area contributed by atoms with Gasteiger partial charge in [0.15, 0.2) is 11.4 Å². The summed E-state index contributed by atoms with van der Waals surface area (Å²) in [5, 5.41) is 5.90. The van der Waals surface area contributed by atoms with Crippen molar-refractivity contribution >= 4 is 22.7 Å². The standard InChI is InChI=1S/C22H25F2N5O2/c1-11(2)17(18-12(3)15-6-13(23)7-16(24)19(15)31-18)29-21(30)28-14-8-26-20(27-9-14)22(10-25)4-5-22/h6-9,11,17H,4-5,10,25H2,1-3H3,(H2,28,29,30)/t17-/m0/s1. The number of hydrogen-bond acceptors (Lipinski definition) is 5. The lowest BCUT2D eigenvalue weighted by molar-refractivity contribution is 0.241. The number of nitrogens with one attached hydrogen (secondary N) is 2. The predicted molar refractivity (Wildman–Crippen MR) is 113 cm³/mol. The minimum Gasteiger partial charge on any atom is -0.455 e. The number of rotatable bonds is 6. The van der Waals surface area contributed by atoms with E-state index in [0.29, 0.717) is 34.8 Å². The van der Waals surface area contributed by atoms with Crippen molar-refractivity contribution in [1.82, 2.24) is 15.3 Å². The molecule has 1 saturated carbocycles. The Morgan fingerprint density at radius 3 is 2.52 bits per heavy atom. The summed E-state index contributed by atoms with van der Waals surface area (Å²) in [6.07, 6.45) is 5.03. The smallest absolute Gasteiger partial charge is 0.319 e. The molecule has 2 amide bonds. The van der Waals surface area contributed by atoms with E-state index >= 15 is 0 Å². The SMILES string of the molecule is Cc1c([C@@H](NC(=O)Nc2cnc(C3(CN)CC3)nc2)C(C)C)oc2c(F)cc(F)cc12. The molecule has 2 heterocycles. The Kier molecular flexibility index (Phi) is 5.38. The second kappa shape index (κ2) is 7.88. The van der Waals surface area contributed by atoms with Crippen molar-refractivity contribution in [1.29, 1.82) is 0 Å². The van der Waals surface area contributed by atoms with Crippen molar-refractivity contribution in [2.75, 3.05) is 11.9 Å². The van der Waals surface area contributed by atoms with E-state index in [0.717, 1.165) is 18.9 Å². The fourth-order valence-electron chi connectivity index (χ4n) is 3.74. The van der Waals surface area contributed by atoms with Crippen LogP contribution in [-0.2, 0) is 5.41 Å². The van der Waals surface area contributed by atoms with Crippen LogP contribution in [0.3, 0.4) is 0 Å². The van der Waals surface area contributed by atoms with Crippen LogP contribution in [-0.4, -0.2) is 22.5 Å². The molecule has 4 N–H and O–H groups in total. The maximum absolute atomic E-state index is 14.1. The van der Waals surface area contributed by atoms with Gasteiger partial charge in [0, 0.05) is 29.0 Å². The van der Waals surface area contributed by atoms with Crippen LogP contribution in [0.15, 0.2) is 28.9 Å². The Morgan fingerprint density at radius 2 is 1.94 bits per heavy atom. The normalized spacial score (nSPS) is 15.8. The largest absolute Gasteiger partial charge is 0.455 e. The number of benzene rings is 1. The molecule has 3 aromatic rings. The molecular weight excluding hydrogens is 404 g/mol. The van der Waals surface area contributed by atoms with E-state index in [1.165, 1.54) is 6.07 Å². The minimum atomic E-state index is -0.778. The average molecular weight is 429 g/mol. The van der Waals surface area contributed by atoms with Crippen LogP contribution >= 0.6 is 0 Å². The third-order valence-corrected chi connectivity index (χ3v) is 5.86. The highest BCUT2D eigenvalue weighted by Crippen LogP contribution is 2.45. The monoisotopic (exact) mass is 429 g/mol. The fraction of sp³-hybridized carbons (Fsp3) is 0.409. The fourth-order valence-corrected chi connectivity index (χ4v) is 3.74. The lowest BCUT2D eigenvalue weighted by Gasteiger charge is -2.21. The molecule has 0 spiro atoms. The zero-order chi connectivity index (χ0) is 22.3. The van der Waals surface area contributed by atoms with Gasteiger partial charge in [-0.3, -0.25) is 0 Å². The van der Waals surface area contributed by atoms with E-state index in [1.54, 1.807) is 19.3 Å². The zero-order valence-electron chi connectivity index (χ0n) is 17.6. The van der Waals surface area contributed by atoms with E-state index in [9.17, 15) is 13.6 Å². The van der Waals surface area contributed by atoms with Crippen LogP contribution in [0.2, 0.25) is 0 Å². The average Bonchev–Trinajstić information content (AvgIpc) is 3.46. The molecule has 4 rings (SSSR count). The molecule has 1 atom stereocenters. The van der Waals surface area contributed by atoms with Crippen LogP contribution in [0.4, 0.5) is 19.3 Å². The minimum absolute atomic E-state index is 0.0281. The Balaban J connectivity index is 1.52. The summed E-state index contributed by atoms with van der Waals surface area (Å²) < 4.78 is 33.5. The predicted octanol–water partition coefficient (Wildman–Crippen LogP) is 4.32. The van der Waals surface area contributed by atoms with Crippen LogP contribution in [0.1, 0.15) is 49.9 Å². The molecular formula is C22H25F2N5O2. The number of halogens is 2. The molecule has 0 bridgehead atoms. The number of hydrogen-bond donors (Lipinski definition) is 3. The first-order valence-corrected chi connectivity index (χ1v) is 10.2. The van der Waals surface area contributed by atoms with E-state index < -0.39 is 23.7 Å². The van der Waals surface area contributed by atoms with Gasteiger partial charge in [0.25, 0.3) is 0 Å². The van der Waals surface area contributed by atoms with Crippen LogP contribution < -0.4 is 16.4 Å². The van der Waals surface area contributed by atoms with E-state index in [2.05, 4.69) is 20.6 Å². The number of carbonyl (C=O) groups excluding carboxylic acids is 1. The number of anilines is 1. The summed E-state index contributed by atoms with van der Waals surface area (Å²) in [5.74, 6) is -0.461. The van der Waals surface area contributed by atoms with E-state index in [4.69, 9.17) is 10.2 Å². The van der Waals surface area contributed by atoms with Gasteiger partial charge in [0.05, 0.1) is 24.1 Å². The second-order valence-corrected chi connectivity index (χ2v) is 8.46. The molecule has 2 aromatic heterocycles. The topological polar surface area (TPSA) is 106 Å². The van der Waals surface area contributed by atoms with Gasteiger partial charge in [-0.05, 0) is 31.7 Å². The number of carbonyl (C=O) groups is 1. The lowest BCUT2D eigenvalue weighted by Crippen LogP contribution is -2.35. The molecule has 1 fully saturated rings. The highest BCUT2D eigenvalue weighted by molar-refractivity contribution is 5.89. The van der Waals surface area contributed by atoms with E-state index in [-0.39, 0.29) is 16.9 Å². The summed E-state index contributed by atoms with van der Waals surface area (Å²) in [4.78, 5) is 21.3. The maximum atomic E-state index is 14.1. The number of nitrogens with two attached hydrogens (primary N) is 1. The number of aryl methyl sites for hydroxylation is 1. The number of nitrogens with zero attached hydrogens (tertiary/aromatic N) is 2. The number of furan rings is 1.